The smallest absolute Gasteiger partial charge is 0.246 e. The molecule has 0 radical (unpaired) electrons. The molecule has 0 saturated carbocycles. The van der Waals surface area contributed by atoms with E-state index in [0.717, 1.165) is 51.4 Å². The Morgan fingerprint density at radius 3 is 1.92 bits per heavy atom. The highest BCUT2D eigenvalue weighted by atomic mass is 32.2. The molecule has 140 valence electrons. The lowest BCUT2D eigenvalue weighted by molar-refractivity contribution is 0.385. The van der Waals surface area contributed by atoms with Crippen LogP contribution in [0.1, 0.15) is 77.8 Å². The van der Waals surface area contributed by atoms with Gasteiger partial charge in [0.05, 0.1) is 5.69 Å². The Kier molecular flexibility index (Phi) is 9.59. The van der Waals surface area contributed by atoms with E-state index >= 15 is 0 Å². The molecular formula is C18H35N3O2S. The quantitative estimate of drug-likeness (QED) is 0.493. The zero-order valence-electron chi connectivity index (χ0n) is 15.9. The molecule has 0 aliphatic carbocycles. The Hall–Kier alpha value is -0.880. The molecule has 0 spiro atoms. The summed E-state index contributed by atoms with van der Waals surface area (Å²) in [6.45, 7) is 10.0. The minimum atomic E-state index is -3.45. The maximum Gasteiger partial charge on any atom is 0.246 e. The highest BCUT2D eigenvalue weighted by Gasteiger charge is 2.27. The van der Waals surface area contributed by atoms with Gasteiger partial charge in [0, 0.05) is 25.8 Å². The Morgan fingerprint density at radius 2 is 1.50 bits per heavy atom. The second-order valence-corrected chi connectivity index (χ2v) is 8.37. The summed E-state index contributed by atoms with van der Waals surface area (Å²) in [6, 6.07) is 0. The minimum Gasteiger partial charge on any atom is -0.271 e. The van der Waals surface area contributed by atoms with Crippen molar-refractivity contribution in [1.29, 1.82) is 0 Å². The maximum atomic E-state index is 13.1. The number of rotatable bonds is 13. The minimum absolute atomic E-state index is 0.371. The zero-order chi connectivity index (χ0) is 18.0. The van der Waals surface area contributed by atoms with E-state index < -0.39 is 10.0 Å². The van der Waals surface area contributed by atoms with Crippen molar-refractivity contribution in [1.82, 2.24) is 14.1 Å². The second-order valence-electron chi connectivity index (χ2n) is 6.46. The molecule has 24 heavy (non-hydrogen) atoms. The van der Waals surface area contributed by atoms with Crippen LogP contribution in [0.3, 0.4) is 0 Å². The topological polar surface area (TPSA) is 55.2 Å². The fraction of sp³-hybridized carbons (Fsp3) is 0.833. The monoisotopic (exact) mass is 357 g/mol. The SMILES string of the molecule is CCCCCCN(CCCCCC)S(=O)(=O)c1cn(CC)nc1C. The molecule has 1 aromatic rings. The third-order valence-electron chi connectivity index (χ3n) is 4.37. The Bertz CT molecular complexity index is 555. The molecule has 6 heteroatoms. The molecule has 0 aromatic carbocycles. The highest BCUT2D eigenvalue weighted by molar-refractivity contribution is 7.89. The van der Waals surface area contributed by atoms with E-state index in [1.807, 2.05) is 6.92 Å². The summed E-state index contributed by atoms with van der Waals surface area (Å²) >= 11 is 0. The van der Waals surface area contributed by atoms with E-state index in [1.165, 1.54) is 0 Å². The molecule has 0 aliphatic heterocycles. The molecule has 0 saturated heterocycles. The molecule has 0 atom stereocenters. The first kappa shape index (κ1) is 21.2. The van der Waals surface area contributed by atoms with E-state index in [-0.39, 0.29) is 0 Å². The predicted octanol–water partition coefficient (Wildman–Crippen LogP) is 4.36. The molecule has 0 unspecified atom stereocenters. The standard InChI is InChI=1S/C18H35N3O2S/c1-5-8-10-12-14-21(15-13-11-9-6-2)24(22,23)18-16-20(7-3)19-17(18)4/h16H,5-15H2,1-4H3. The van der Waals surface area contributed by atoms with Gasteiger partial charge >= 0.3 is 0 Å². The molecule has 1 aromatic heterocycles. The van der Waals surface area contributed by atoms with Gasteiger partial charge in [0.15, 0.2) is 0 Å². The first-order valence-corrected chi connectivity index (χ1v) is 11.0. The van der Waals surface area contributed by atoms with Gasteiger partial charge in [-0.15, -0.1) is 0 Å². The van der Waals surface area contributed by atoms with Crippen LogP contribution >= 0.6 is 0 Å². The second kappa shape index (κ2) is 10.9. The van der Waals surface area contributed by atoms with Crippen molar-refractivity contribution in [2.24, 2.45) is 0 Å². The summed E-state index contributed by atoms with van der Waals surface area (Å²) in [5.74, 6) is 0. The van der Waals surface area contributed by atoms with Gasteiger partial charge in [-0.3, -0.25) is 4.68 Å². The third kappa shape index (κ3) is 6.20. The molecule has 1 rings (SSSR count). The van der Waals surface area contributed by atoms with Crippen LogP contribution < -0.4 is 0 Å². The van der Waals surface area contributed by atoms with Gasteiger partial charge in [0.1, 0.15) is 4.90 Å². The zero-order valence-corrected chi connectivity index (χ0v) is 16.7. The number of aryl methyl sites for hydroxylation is 2. The van der Waals surface area contributed by atoms with Crippen LogP contribution in [0.15, 0.2) is 11.1 Å². The Labute approximate surface area is 148 Å². The van der Waals surface area contributed by atoms with Crippen LogP contribution in [0.4, 0.5) is 0 Å². The summed E-state index contributed by atoms with van der Waals surface area (Å²) in [5, 5.41) is 4.31. The molecular weight excluding hydrogens is 322 g/mol. The van der Waals surface area contributed by atoms with Crippen LogP contribution in [-0.4, -0.2) is 35.6 Å². The molecule has 1 heterocycles. The van der Waals surface area contributed by atoms with Crippen LogP contribution in [0.25, 0.3) is 0 Å². The molecule has 0 amide bonds. The average molecular weight is 358 g/mol. The number of hydrogen-bond donors (Lipinski definition) is 0. The van der Waals surface area contributed by atoms with Crippen molar-refractivity contribution >= 4 is 10.0 Å². The van der Waals surface area contributed by atoms with Gasteiger partial charge in [-0.2, -0.15) is 9.40 Å². The van der Waals surface area contributed by atoms with Crippen molar-refractivity contribution in [3.05, 3.63) is 11.9 Å². The average Bonchev–Trinajstić information content (AvgIpc) is 2.95. The summed E-state index contributed by atoms with van der Waals surface area (Å²) in [5.41, 5.74) is 0.601. The molecule has 0 bridgehead atoms. The lowest BCUT2D eigenvalue weighted by Crippen LogP contribution is -2.33. The number of nitrogens with zero attached hydrogens (tertiary/aromatic N) is 3. The first-order valence-electron chi connectivity index (χ1n) is 9.51. The molecule has 0 N–H and O–H groups in total. The summed E-state index contributed by atoms with van der Waals surface area (Å²) < 4.78 is 29.6. The van der Waals surface area contributed by atoms with E-state index in [0.29, 0.717) is 30.2 Å². The summed E-state index contributed by atoms with van der Waals surface area (Å²) in [7, 11) is -3.45. The van der Waals surface area contributed by atoms with E-state index in [1.54, 1.807) is 22.1 Å². The van der Waals surface area contributed by atoms with Gasteiger partial charge in [-0.05, 0) is 26.7 Å². The number of unbranched alkanes of at least 4 members (excludes halogenated alkanes) is 6. The first-order chi connectivity index (χ1) is 11.5. The van der Waals surface area contributed by atoms with Crippen LogP contribution in [-0.2, 0) is 16.6 Å². The number of sulfonamides is 1. The van der Waals surface area contributed by atoms with Gasteiger partial charge in [0.2, 0.25) is 10.0 Å². The van der Waals surface area contributed by atoms with Crippen LogP contribution in [0.2, 0.25) is 0 Å². The van der Waals surface area contributed by atoms with Crippen molar-refractivity contribution < 1.29 is 8.42 Å². The van der Waals surface area contributed by atoms with E-state index in [2.05, 4.69) is 18.9 Å². The lowest BCUT2D eigenvalue weighted by Gasteiger charge is -2.22. The summed E-state index contributed by atoms with van der Waals surface area (Å²) in [6.07, 6.45) is 10.4. The van der Waals surface area contributed by atoms with Crippen molar-refractivity contribution in [3.8, 4) is 0 Å². The normalized spacial score (nSPS) is 12.2. The fourth-order valence-corrected chi connectivity index (χ4v) is 4.52. The summed E-state index contributed by atoms with van der Waals surface area (Å²) in [4.78, 5) is 0.371. The van der Waals surface area contributed by atoms with Gasteiger partial charge in [-0.25, -0.2) is 8.42 Å². The van der Waals surface area contributed by atoms with Crippen molar-refractivity contribution in [3.63, 3.8) is 0 Å². The predicted molar refractivity (Wildman–Crippen MR) is 99.7 cm³/mol. The largest absolute Gasteiger partial charge is 0.271 e. The van der Waals surface area contributed by atoms with Crippen molar-refractivity contribution in [2.45, 2.75) is 90.5 Å². The van der Waals surface area contributed by atoms with E-state index in [9.17, 15) is 8.42 Å². The highest BCUT2D eigenvalue weighted by Crippen LogP contribution is 2.21. The van der Waals surface area contributed by atoms with Crippen LogP contribution in [0, 0.1) is 6.92 Å². The van der Waals surface area contributed by atoms with Crippen molar-refractivity contribution in [2.75, 3.05) is 13.1 Å². The van der Waals surface area contributed by atoms with E-state index in [4.69, 9.17) is 0 Å². The third-order valence-corrected chi connectivity index (χ3v) is 6.37. The Morgan fingerprint density at radius 1 is 0.958 bits per heavy atom. The maximum absolute atomic E-state index is 13.1. The molecule has 0 aliphatic rings. The van der Waals surface area contributed by atoms with Gasteiger partial charge < -0.3 is 0 Å². The lowest BCUT2D eigenvalue weighted by atomic mass is 10.2. The van der Waals surface area contributed by atoms with Gasteiger partial charge in [0.25, 0.3) is 0 Å². The van der Waals surface area contributed by atoms with Gasteiger partial charge in [-0.1, -0.05) is 52.4 Å². The molecule has 0 fully saturated rings. The fourth-order valence-electron chi connectivity index (χ4n) is 2.84. The number of hydrogen-bond acceptors (Lipinski definition) is 3. The van der Waals surface area contributed by atoms with Crippen LogP contribution in [0.5, 0.6) is 0 Å². The molecule has 5 nitrogen and oxygen atoms in total. The number of aromatic nitrogens is 2. The Balaban J connectivity index is 2.85.